The molecule has 118 valence electrons. The van der Waals surface area contributed by atoms with E-state index in [2.05, 4.69) is 16.0 Å². The first-order chi connectivity index (χ1) is 10.7. The Bertz CT molecular complexity index is 626. The second kappa shape index (κ2) is 7.31. The number of piperidine rings is 1. The van der Waals surface area contributed by atoms with Gasteiger partial charge in [-0.05, 0) is 50.2 Å². The number of fused-ring (bicyclic) bond motifs is 1. The molecular formula is C17H23N3OS. The van der Waals surface area contributed by atoms with Crippen LogP contribution in [0, 0.1) is 0 Å². The van der Waals surface area contributed by atoms with Crippen molar-refractivity contribution in [3.8, 4) is 5.75 Å². The molecule has 1 saturated heterocycles. The summed E-state index contributed by atoms with van der Waals surface area (Å²) in [7, 11) is 1.69. The van der Waals surface area contributed by atoms with Gasteiger partial charge in [0.05, 0.1) is 12.6 Å². The molecule has 0 bridgehead atoms. The van der Waals surface area contributed by atoms with E-state index in [-0.39, 0.29) is 0 Å². The van der Waals surface area contributed by atoms with Crippen molar-refractivity contribution in [2.24, 2.45) is 5.73 Å². The third-order valence-corrected chi connectivity index (χ3v) is 5.12. The van der Waals surface area contributed by atoms with Crippen LogP contribution in [0.4, 0.5) is 0 Å². The predicted molar refractivity (Wildman–Crippen MR) is 92.7 cm³/mol. The standard InChI is InChI=1S/C17H23N3OS/c1-21-15-2-3-17-13(10-15)11-16(12-19-17)22-9-8-20-6-4-14(18)5-7-20/h2-3,10-12,14H,4-9,18H2,1H3. The van der Waals surface area contributed by atoms with E-state index in [1.54, 1.807) is 7.11 Å². The van der Waals surface area contributed by atoms with E-state index >= 15 is 0 Å². The topological polar surface area (TPSA) is 51.4 Å². The third-order valence-electron chi connectivity index (χ3n) is 4.17. The minimum Gasteiger partial charge on any atom is -0.497 e. The van der Waals surface area contributed by atoms with E-state index in [0.717, 1.165) is 54.9 Å². The van der Waals surface area contributed by atoms with Gasteiger partial charge < -0.3 is 15.4 Å². The Morgan fingerprint density at radius 1 is 1.32 bits per heavy atom. The van der Waals surface area contributed by atoms with Crippen molar-refractivity contribution in [2.75, 3.05) is 32.5 Å². The monoisotopic (exact) mass is 317 g/mol. The molecule has 0 unspecified atom stereocenters. The number of pyridine rings is 1. The molecule has 1 aromatic carbocycles. The second-order valence-electron chi connectivity index (χ2n) is 5.76. The first-order valence-electron chi connectivity index (χ1n) is 7.79. The number of methoxy groups -OCH3 is 1. The molecule has 1 fully saturated rings. The number of thioether (sulfide) groups is 1. The maximum atomic E-state index is 5.94. The lowest BCUT2D eigenvalue weighted by Crippen LogP contribution is -2.40. The average Bonchev–Trinajstić information content (AvgIpc) is 2.56. The van der Waals surface area contributed by atoms with E-state index in [0.29, 0.717) is 6.04 Å². The molecule has 2 N–H and O–H groups in total. The molecule has 4 nitrogen and oxygen atoms in total. The van der Waals surface area contributed by atoms with Crippen molar-refractivity contribution < 1.29 is 4.74 Å². The number of nitrogens with two attached hydrogens (primary N) is 1. The molecule has 2 heterocycles. The van der Waals surface area contributed by atoms with Gasteiger partial charge in [0.15, 0.2) is 0 Å². The fraction of sp³-hybridized carbons (Fsp3) is 0.471. The first-order valence-corrected chi connectivity index (χ1v) is 8.78. The summed E-state index contributed by atoms with van der Waals surface area (Å²) < 4.78 is 5.28. The van der Waals surface area contributed by atoms with Gasteiger partial charge in [-0.1, -0.05) is 0 Å². The highest BCUT2D eigenvalue weighted by molar-refractivity contribution is 7.99. The Kier molecular flexibility index (Phi) is 5.18. The Labute approximate surface area is 136 Å². The van der Waals surface area contributed by atoms with Gasteiger partial charge in [-0.2, -0.15) is 0 Å². The number of nitrogens with zero attached hydrogens (tertiary/aromatic N) is 2. The van der Waals surface area contributed by atoms with Crippen LogP contribution in [-0.2, 0) is 0 Å². The largest absolute Gasteiger partial charge is 0.497 e. The summed E-state index contributed by atoms with van der Waals surface area (Å²) in [5, 5.41) is 1.13. The zero-order chi connectivity index (χ0) is 15.4. The number of aromatic nitrogens is 1. The minimum absolute atomic E-state index is 0.406. The normalized spacial score (nSPS) is 17.0. The SMILES string of the molecule is COc1ccc2ncc(SCCN3CCC(N)CC3)cc2c1. The first kappa shape index (κ1) is 15.6. The smallest absolute Gasteiger partial charge is 0.119 e. The van der Waals surface area contributed by atoms with Gasteiger partial charge >= 0.3 is 0 Å². The highest BCUT2D eigenvalue weighted by Gasteiger charge is 2.15. The molecule has 0 amide bonds. The molecule has 0 atom stereocenters. The second-order valence-corrected chi connectivity index (χ2v) is 6.93. The maximum absolute atomic E-state index is 5.94. The quantitative estimate of drug-likeness (QED) is 0.859. The molecule has 0 radical (unpaired) electrons. The van der Waals surface area contributed by atoms with Crippen molar-refractivity contribution in [1.82, 2.24) is 9.88 Å². The molecule has 0 aliphatic carbocycles. The van der Waals surface area contributed by atoms with Gasteiger partial charge in [0, 0.05) is 34.8 Å². The highest BCUT2D eigenvalue weighted by Crippen LogP contribution is 2.25. The van der Waals surface area contributed by atoms with Crippen molar-refractivity contribution in [3.05, 3.63) is 30.5 Å². The van der Waals surface area contributed by atoms with Crippen LogP contribution in [-0.4, -0.2) is 48.4 Å². The third kappa shape index (κ3) is 3.91. The van der Waals surface area contributed by atoms with Crippen LogP contribution in [0.15, 0.2) is 35.4 Å². The zero-order valence-electron chi connectivity index (χ0n) is 13.0. The van der Waals surface area contributed by atoms with Crippen molar-refractivity contribution in [3.63, 3.8) is 0 Å². The van der Waals surface area contributed by atoms with E-state index < -0.39 is 0 Å². The lowest BCUT2D eigenvalue weighted by atomic mass is 10.1. The number of hydrogen-bond donors (Lipinski definition) is 1. The zero-order valence-corrected chi connectivity index (χ0v) is 13.8. The van der Waals surface area contributed by atoms with Crippen LogP contribution in [0.25, 0.3) is 10.9 Å². The van der Waals surface area contributed by atoms with Crippen LogP contribution < -0.4 is 10.5 Å². The number of likely N-dealkylation sites (tertiary alicyclic amines) is 1. The summed E-state index contributed by atoms with van der Waals surface area (Å²) >= 11 is 1.87. The summed E-state index contributed by atoms with van der Waals surface area (Å²) in [6.07, 6.45) is 4.22. The summed E-state index contributed by atoms with van der Waals surface area (Å²) in [5.41, 5.74) is 6.95. The summed E-state index contributed by atoms with van der Waals surface area (Å²) in [6, 6.07) is 8.59. The van der Waals surface area contributed by atoms with Crippen LogP contribution in [0.1, 0.15) is 12.8 Å². The Morgan fingerprint density at radius 2 is 2.14 bits per heavy atom. The lowest BCUT2D eigenvalue weighted by molar-refractivity contribution is 0.225. The molecule has 1 aliphatic heterocycles. The van der Waals surface area contributed by atoms with Crippen LogP contribution >= 0.6 is 11.8 Å². The molecular weight excluding hydrogens is 294 g/mol. The lowest BCUT2D eigenvalue weighted by Gasteiger charge is -2.29. The summed E-state index contributed by atoms with van der Waals surface area (Å²) in [6.45, 7) is 3.39. The Hall–Kier alpha value is -1.30. The maximum Gasteiger partial charge on any atom is 0.119 e. The number of ether oxygens (including phenoxy) is 1. The average molecular weight is 317 g/mol. The summed E-state index contributed by atoms with van der Waals surface area (Å²) in [5.74, 6) is 1.97. The fourth-order valence-corrected chi connectivity index (χ4v) is 3.69. The van der Waals surface area contributed by atoms with Crippen molar-refractivity contribution >= 4 is 22.7 Å². The van der Waals surface area contributed by atoms with Gasteiger partial charge in [-0.3, -0.25) is 4.98 Å². The molecule has 1 aromatic heterocycles. The predicted octanol–water partition coefficient (Wildman–Crippen LogP) is 2.76. The van der Waals surface area contributed by atoms with Crippen LogP contribution in [0.5, 0.6) is 5.75 Å². The van der Waals surface area contributed by atoms with Crippen LogP contribution in [0.2, 0.25) is 0 Å². The van der Waals surface area contributed by atoms with Gasteiger partial charge in [0.1, 0.15) is 5.75 Å². The number of benzene rings is 1. The summed E-state index contributed by atoms with van der Waals surface area (Å²) in [4.78, 5) is 8.25. The molecule has 0 saturated carbocycles. The van der Waals surface area contributed by atoms with Crippen LogP contribution in [0.3, 0.4) is 0 Å². The van der Waals surface area contributed by atoms with Gasteiger partial charge in [0.25, 0.3) is 0 Å². The molecule has 22 heavy (non-hydrogen) atoms. The number of rotatable bonds is 5. The van der Waals surface area contributed by atoms with Gasteiger partial charge in [-0.25, -0.2) is 0 Å². The molecule has 2 aromatic rings. The molecule has 0 spiro atoms. The molecule has 5 heteroatoms. The van der Waals surface area contributed by atoms with Gasteiger partial charge in [-0.15, -0.1) is 11.8 Å². The molecule has 1 aliphatic rings. The van der Waals surface area contributed by atoms with E-state index in [1.165, 1.54) is 4.90 Å². The molecule has 3 rings (SSSR count). The minimum atomic E-state index is 0.406. The van der Waals surface area contributed by atoms with E-state index in [4.69, 9.17) is 10.5 Å². The van der Waals surface area contributed by atoms with E-state index in [1.807, 2.05) is 36.2 Å². The highest BCUT2D eigenvalue weighted by atomic mass is 32.2. The fourth-order valence-electron chi connectivity index (χ4n) is 2.76. The van der Waals surface area contributed by atoms with E-state index in [9.17, 15) is 0 Å². The van der Waals surface area contributed by atoms with Gasteiger partial charge in [0.2, 0.25) is 0 Å². The number of hydrogen-bond acceptors (Lipinski definition) is 5. The van der Waals surface area contributed by atoms with Crippen molar-refractivity contribution in [2.45, 2.75) is 23.8 Å². The van der Waals surface area contributed by atoms with Crippen molar-refractivity contribution in [1.29, 1.82) is 0 Å². The Balaban J connectivity index is 1.57. The Morgan fingerprint density at radius 3 is 2.91 bits per heavy atom.